The molecule has 0 bridgehead atoms. The summed E-state index contributed by atoms with van der Waals surface area (Å²) in [6.45, 7) is 0. The first kappa shape index (κ1) is 9.49. The van der Waals surface area contributed by atoms with Crippen LogP contribution in [0.1, 0.15) is 10.7 Å². The van der Waals surface area contributed by atoms with Crippen LogP contribution in [0.25, 0.3) is 10.9 Å². The van der Waals surface area contributed by atoms with Crippen molar-refractivity contribution in [1.82, 2.24) is 4.98 Å². The molecule has 0 radical (unpaired) electrons. The molecule has 0 aliphatic heterocycles. The molecule has 1 aromatic carbocycles. The second-order valence-corrected chi connectivity index (χ2v) is 3.75. The standard InChI is InChI=1S/C9H5Cl2NO2/c10-7(11)8-12-6-4-2-1-3-5(6)9(13)14-8/h1-4,7H. The summed E-state index contributed by atoms with van der Waals surface area (Å²) in [6.07, 6.45) is 0. The number of rotatable bonds is 1. The van der Waals surface area contributed by atoms with E-state index in [0.717, 1.165) is 0 Å². The molecule has 72 valence electrons. The van der Waals surface area contributed by atoms with E-state index < -0.39 is 10.5 Å². The molecule has 0 aliphatic carbocycles. The highest BCUT2D eigenvalue weighted by Gasteiger charge is 2.11. The van der Waals surface area contributed by atoms with Crippen molar-refractivity contribution >= 4 is 34.1 Å². The molecule has 0 unspecified atom stereocenters. The molecule has 0 amide bonds. The molecule has 5 heteroatoms. The third kappa shape index (κ3) is 1.61. The Morgan fingerprint density at radius 2 is 2.00 bits per heavy atom. The fraction of sp³-hybridized carbons (Fsp3) is 0.111. The van der Waals surface area contributed by atoms with Gasteiger partial charge >= 0.3 is 5.63 Å². The minimum atomic E-state index is -0.924. The predicted molar refractivity (Wildman–Crippen MR) is 54.7 cm³/mol. The Bertz CT molecular complexity index is 521. The lowest BCUT2D eigenvalue weighted by Crippen LogP contribution is -2.04. The zero-order valence-corrected chi connectivity index (χ0v) is 8.42. The van der Waals surface area contributed by atoms with Gasteiger partial charge in [-0.05, 0) is 12.1 Å². The van der Waals surface area contributed by atoms with Gasteiger partial charge in [-0.3, -0.25) is 0 Å². The summed E-state index contributed by atoms with van der Waals surface area (Å²) in [5.74, 6) is 0.0250. The Labute approximate surface area is 89.3 Å². The first-order valence-corrected chi connectivity index (χ1v) is 4.73. The van der Waals surface area contributed by atoms with Crippen LogP contribution in [0.2, 0.25) is 0 Å². The molecule has 3 nitrogen and oxygen atoms in total. The first-order valence-electron chi connectivity index (χ1n) is 3.86. The summed E-state index contributed by atoms with van der Waals surface area (Å²) in [5, 5.41) is 0.422. The summed E-state index contributed by atoms with van der Waals surface area (Å²) in [7, 11) is 0. The van der Waals surface area contributed by atoms with Crippen LogP contribution in [-0.4, -0.2) is 4.98 Å². The van der Waals surface area contributed by atoms with E-state index >= 15 is 0 Å². The topological polar surface area (TPSA) is 43.1 Å². The van der Waals surface area contributed by atoms with Crippen molar-refractivity contribution < 1.29 is 4.42 Å². The number of hydrogen-bond acceptors (Lipinski definition) is 3. The van der Waals surface area contributed by atoms with Crippen molar-refractivity contribution in [2.24, 2.45) is 0 Å². The summed E-state index contributed by atoms with van der Waals surface area (Å²) < 4.78 is 4.82. The highest BCUT2D eigenvalue weighted by molar-refractivity contribution is 6.43. The summed E-state index contributed by atoms with van der Waals surface area (Å²) in [5.41, 5.74) is 0.0574. The van der Waals surface area contributed by atoms with E-state index in [1.54, 1.807) is 24.3 Å². The lowest BCUT2D eigenvalue weighted by Gasteiger charge is -2.00. The van der Waals surface area contributed by atoms with Crippen LogP contribution in [0.3, 0.4) is 0 Å². The summed E-state index contributed by atoms with van der Waals surface area (Å²) in [4.78, 5) is 14.5. The molecule has 2 rings (SSSR count). The molecule has 0 saturated carbocycles. The van der Waals surface area contributed by atoms with Crippen LogP contribution in [0.15, 0.2) is 33.5 Å². The summed E-state index contributed by atoms with van der Waals surface area (Å²) in [6, 6.07) is 6.84. The molecule has 0 atom stereocenters. The average molecular weight is 230 g/mol. The minimum absolute atomic E-state index is 0.0250. The van der Waals surface area contributed by atoms with Gasteiger partial charge in [-0.2, -0.15) is 0 Å². The number of nitrogens with zero attached hydrogens (tertiary/aromatic N) is 1. The third-order valence-corrected chi connectivity index (χ3v) is 2.11. The molecule has 0 N–H and O–H groups in total. The second kappa shape index (κ2) is 3.59. The van der Waals surface area contributed by atoms with E-state index in [2.05, 4.69) is 4.98 Å². The van der Waals surface area contributed by atoms with Gasteiger partial charge in [0, 0.05) is 0 Å². The first-order chi connectivity index (χ1) is 6.68. The average Bonchev–Trinajstić information content (AvgIpc) is 2.17. The Kier molecular flexibility index (Phi) is 2.44. The Hall–Kier alpha value is -1.06. The normalized spacial score (nSPS) is 11.1. The summed E-state index contributed by atoms with van der Waals surface area (Å²) >= 11 is 11.1. The Morgan fingerprint density at radius 1 is 1.29 bits per heavy atom. The lowest BCUT2D eigenvalue weighted by atomic mass is 10.2. The van der Waals surface area contributed by atoms with Crippen LogP contribution in [0, 0.1) is 0 Å². The van der Waals surface area contributed by atoms with Gasteiger partial charge in [-0.25, -0.2) is 9.78 Å². The lowest BCUT2D eigenvalue weighted by molar-refractivity contribution is 0.459. The predicted octanol–water partition coefficient (Wildman–Crippen LogP) is 2.66. The van der Waals surface area contributed by atoms with E-state index in [9.17, 15) is 4.79 Å². The van der Waals surface area contributed by atoms with E-state index in [-0.39, 0.29) is 5.89 Å². The van der Waals surface area contributed by atoms with E-state index in [1.807, 2.05) is 0 Å². The van der Waals surface area contributed by atoms with Gasteiger partial charge in [0.15, 0.2) is 4.84 Å². The van der Waals surface area contributed by atoms with Crippen molar-refractivity contribution in [1.29, 1.82) is 0 Å². The van der Waals surface area contributed by atoms with Crippen LogP contribution < -0.4 is 5.63 Å². The van der Waals surface area contributed by atoms with Crippen molar-refractivity contribution in [3.8, 4) is 0 Å². The highest BCUT2D eigenvalue weighted by atomic mass is 35.5. The van der Waals surface area contributed by atoms with Crippen molar-refractivity contribution in [3.05, 3.63) is 40.6 Å². The van der Waals surface area contributed by atoms with Crippen molar-refractivity contribution in [2.75, 3.05) is 0 Å². The molecule has 14 heavy (non-hydrogen) atoms. The SMILES string of the molecule is O=c1oc(C(Cl)Cl)nc2ccccc12. The highest BCUT2D eigenvalue weighted by Crippen LogP contribution is 2.22. The number of para-hydroxylation sites is 1. The van der Waals surface area contributed by atoms with Crippen LogP contribution in [0.4, 0.5) is 0 Å². The van der Waals surface area contributed by atoms with Gasteiger partial charge in [0.25, 0.3) is 0 Å². The third-order valence-electron chi connectivity index (χ3n) is 1.74. The molecule has 0 aliphatic rings. The second-order valence-electron chi connectivity index (χ2n) is 2.66. The number of fused-ring (bicyclic) bond motifs is 1. The van der Waals surface area contributed by atoms with E-state index in [4.69, 9.17) is 27.6 Å². The Balaban J connectivity index is 2.79. The molecular weight excluding hydrogens is 225 g/mol. The molecular formula is C9H5Cl2NO2. The fourth-order valence-electron chi connectivity index (χ4n) is 1.13. The maximum atomic E-state index is 11.4. The van der Waals surface area contributed by atoms with Crippen LogP contribution in [-0.2, 0) is 0 Å². The molecule has 0 saturated heterocycles. The largest absolute Gasteiger partial charge is 0.405 e. The van der Waals surface area contributed by atoms with Gasteiger partial charge in [0.1, 0.15) is 0 Å². The maximum Gasteiger partial charge on any atom is 0.346 e. The molecule has 0 spiro atoms. The number of aromatic nitrogens is 1. The van der Waals surface area contributed by atoms with E-state index in [1.165, 1.54) is 0 Å². The smallest absolute Gasteiger partial charge is 0.346 e. The van der Waals surface area contributed by atoms with Crippen molar-refractivity contribution in [2.45, 2.75) is 4.84 Å². The van der Waals surface area contributed by atoms with Crippen LogP contribution >= 0.6 is 23.2 Å². The quantitative estimate of drug-likeness (QED) is 0.707. The van der Waals surface area contributed by atoms with Gasteiger partial charge in [0.2, 0.25) is 5.89 Å². The number of alkyl halides is 2. The molecule has 1 aromatic heterocycles. The number of hydrogen-bond donors (Lipinski definition) is 0. The molecule has 0 fully saturated rings. The van der Waals surface area contributed by atoms with Gasteiger partial charge in [-0.15, -0.1) is 0 Å². The zero-order chi connectivity index (χ0) is 10.1. The number of halogens is 2. The van der Waals surface area contributed by atoms with Crippen LogP contribution in [0.5, 0.6) is 0 Å². The van der Waals surface area contributed by atoms with Gasteiger partial charge in [-0.1, -0.05) is 35.3 Å². The zero-order valence-electron chi connectivity index (χ0n) is 6.91. The Morgan fingerprint density at radius 3 is 2.71 bits per heavy atom. The maximum absolute atomic E-state index is 11.4. The van der Waals surface area contributed by atoms with Gasteiger partial charge in [0.05, 0.1) is 10.9 Å². The molecule has 2 aromatic rings. The van der Waals surface area contributed by atoms with E-state index in [0.29, 0.717) is 10.9 Å². The fourth-order valence-corrected chi connectivity index (χ4v) is 1.32. The van der Waals surface area contributed by atoms with Gasteiger partial charge < -0.3 is 4.42 Å². The monoisotopic (exact) mass is 229 g/mol. The number of benzene rings is 1. The molecule has 1 heterocycles. The van der Waals surface area contributed by atoms with Crippen molar-refractivity contribution in [3.63, 3.8) is 0 Å². The minimum Gasteiger partial charge on any atom is -0.405 e.